The van der Waals surface area contributed by atoms with Gasteiger partial charge in [-0.15, -0.1) is 0 Å². The first kappa shape index (κ1) is 13.1. The Labute approximate surface area is 120 Å². The van der Waals surface area contributed by atoms with Gasteiger partial charge in [0.05, 0.1) is 12.4 Å². The van der Waals surface area contributed by atoms with Gasteiger partial charge < -0.3 is 10.1 Å². The molecule has 0 fully saturated rings. The molecule has 0 aliphatic carbocycles. The van der Waals surface area contributed by atoms with Gasteiger partial charge in [-0.2, -0.15) is 0 Å². The number of aromatic amines is 1. The zero-order valence-corrected chi connectivity index (χ0v) is 11.8. The fourth-order valence-corrected chi connectivity index (χ4v) is 3.02. The van der Waals surface area contributed by atoms with Crippen LogP contribution >= 0.6 is 11.8 Å². The van der Waals surface area contributed by atoms with Crippen LogP contribution in [0.1, 0.15) is 25.0 Å². The third-order valence-electron chi connectivity index (χ3n) is 3.06. The van der Waals surface area contributed by atoms with Crippen molar-refractivity contribution in [3.63, 3.8) is 0 Å². The van der Waals surface area contributed by atoms with Crippen molar-refractivity contribution in [3.05, 3.63) is 42.5 Å². The fraction of sp³-hybridized carbons (Fsp3) is 0.214. The SMILES string of the molecule is CC[C@H](O)c1ccccc1Sc1ncnc2nc[nH]c12. The van der Waals surface area contributed by atoms with E-state index in [1.54, 1.807) is 6.33 Å². The normalized spacial score (nSPS) is 12.7. The molecule has 0 unspecified atom stereocenters. The van der Waals surface area contributed by atoms with Crippen molar-refractivity contribution >= 4 is 22.9 Å². The van der Waals surface area contributed by atoms with Crippen molar-refractivity contribution < 1.29 is 5.11 Å². The van der Waals surface area contributed by atoms with E-state index in [0.717, 1.165) is 21.0 Å². The quantitative estimate of drug-likeness (QED) is 0.721. The minimum Gasteiger partial charge on any atom is -0.388 e. The van der Waals surface area contributed by atoms with E-state index in [9.17, 15) is 5.11 Å². The third kappa shape index (κ3) is 2.39. The summed E-state index contributed by atoms with van der Waals surface area (Å²) >= 11 is 1.51. The van der Waals surface area contributed by atoms with Gasteiger partial charge >= 0.3 is 0 Å². The number of rotatable bonds is 4. The maximum Gasteiger partial charge on any atom is 0.181 e. The summed E-state index contributed by atoms with van der Waals surface area (Å²) in [5.74, 6) is 0. The first-order chi connectivity index (χ1) is 9.79. The summed E-state index contributed by atoms with van der Waals surface area (Å²) < 4.78 is 0. The highest BCUT2D eigenvalue weighted by molar-refractivity contribution is 7.99. The Morgan fingerprint density at radius 2 is 2.10 bits per heavy atom. The standard InChI is InChI=1S/C14H14N4OS/c1-2-10(19)9-5-3-4-6-11(9)20-14-12-13(16-7-15-12)17-8-18-14/h3-8,10,19H,2H2,1H3,(H,15,16,17,18)/t10-/m0/s1. The summed E-state index contributed by atoms with van der Waals surface area (Å²) in [6.45, 7) is 1.96. The summed E-state index contributed by atoms with van der Waals surface area (Å²) in [5, 5.41) is 10.9. The van der Waals surface area contributed by atoms with Crippen LogP contribution in [0.25, 0.3) is 11.2 Å². The van der Waals surface area contributed by atoms with Crippen LogP contribution in [-0.4, -0.2) is 25.0 Å². The number of aliphatic hydroxyl groups is 1. The van der Waals surface area contributed by atoms with Crippen molar-refractivity contribution in [2.75, 3.05) is 0 Å². The molecule has 1 aromatic carbocycles. The van der Waals surface area contributed by atoms with Gasteiger partial charge in [0.15, 0.2) is 5.65 Å². The van der Waals surface area contributed by atoms with Gasteiger partial charge in [-0.3, -0.25) is 0 Å². The molecule has 6 heteroatoms. The van der Waals surface area contributed by atoms with Crippen LogP contribution in [0.3, 0.4) is 0 Å². The number of nitrogens with one attached hydrogen (secondary N) is 1. The van der Waals surface area contributed by atoms with Crippen molar-refractivity contribution in [2.45, 2.75) is 29.4 Å². The molecule has 0 saturated carbocycles. The molecule has 3 rings (SSSR count). The Kier molecular flexibility index (Phi) is 3.66. The van der Waals surface area contributed by atoms with Crippen molar-refractivity contribution in [1.29, 1.82) is 0 Å². The van der Waals surface area contributed by atoms with E-state index in [1.807, 2.05) is 31.2 Å². The lowest BCUT2D eigenvalue weighted by Crippen LogP contribution is -1.97. The third-order valence-corrected chi connectivity index (χ3v) is 4.15. The maximum absolute atomic E-state index is 10.1. The van der Waals surface area contributed by atoms with Gasteiger partial charge in [0.2, 0.25) is 0 Å². The molecule has 0 radical (unpaired) electrons. The molecule has 2 aromatic heterocycles. The number of fused-ring (bicyclic) bond motifs is 1. The van der Waals surface area contributed by atoms with Crippen LogP contribution < -0.4 is 0 Å². The molecule has 2 N–H and O–H groups in total. The number of aromatic nitrogens is 4. The lowest BCUT2D eigenvalue weighted by molar-refractivity contribution is 0.171. The number of hydrogen-bond donors (Lipinski definition) is 2. The van der Waals surface area contributed by atoms with Gasteiger partial charge in [0.25, 0.3) is 0 Å². The molecule has 20 heavy (non-hydrogen) atoms. The number of nitrogens with zero attached hydrogens (tertiary/aromatic N) is 3. The van der Waals surface area contributed by atoms with E-state index in [0.29, 0.717) is 12.1 Å². The number of aliphatic hydroxyl groups excluding tert-OH is 1. The summed E-state index contributed by atoms with van der Waals surface area (Å²) in [5.41, 5.74) is 2.39. The topological polar surface area (TPSA) is 74.7 Å². The smallest absolute Gasteiger partial charge is 0.181 e. The lowest BCUT2D eigenvalue weighted by Gasteiger charge is -2.13. The predicted molar refractivity (Wildman–Crippen MR) is 77.5 cm³/mol. The Morgan fingerprint density at radius 3 is 2.95 bits per heavy atom. The van der Waals surface area contributed by atoms with Gasteiger partial charge in [-0.1, -0.05) is 36.9 Å². The Hall–Kier alpha value is -1.92. The molecule has 102 valence electrons. The summed E-state index contributed by atoms with van der Waals surface area (Å²) in [6, 6.07) is 7.83. The van der Waals surface area contributed by atoms with Crippen molar-refractivity contribution in [2.24, 2.45) is 0 Å². The monoisotopic (exact) mass is 286 g/mol. The average molecular weight is 286 g/mol. The second-order valence-electron chi connectivity index (χ2n) is 4.34. The Bertz CT molecular complexity index is 728. The minimum atomic E-state index is -0.460. The number of imidazole rings is 1. The number of benzene rings is 1. The molecule has 0 spiro atoms. The highest BCUT2D eigenvalue weighted by Gasteiger charge is 2.14. The molecule has 0 amide bonds. The van der Waals surface area contributed by atoms with E-state index >= 15 is 0 Å². The molecular weight excluding hydrogens is 272 g/mol. The van der Waals surface area contributed by atoms with Gasteiger partial charge in [0, 0.05) is 4.90 Å². The minimum absolute atomic E-state index is 0.460. The van der Waals surface area contributed by atoms with Gasteiger partial charge in [0.1, 0.15) is 16.9 Å². The zero-order chi connectivity index (χ0) is 13.9. The number of H-pyrrole nitrogens is 1. The maximum atomic E-state index is 10.1. The van der Waals surface area contributed by atoms with Crippen LogP contribution in [0.15, 0.2) is 46.8 Å². The van der Waals surface area contributed by atoms with Gasteiger partial charge in [-0.05, 0) is 18.1 Å². The second kappa shape index (κ2) is 5.60. The summed E-state index contributed by atoms with van der Waals surface area (Å²) in [7, 11) is 0. The fourth-order valence-electron chi connectivity index (χ4n) is 1.99. The van der Waals surface area contributed by atoms with Crippen LogP contribution in [0.4, 0.5) is 0 Å². The molecule has 0 saturated heterocycles. The summed E-state index contributed by atoms with van der Waals surface area (Å²) in [6.07, 6.45) is 3.33. The highest BCUT2D eigenvalue weighted by atomic mass is 32.2. The second-order valence-corrected chi connectivity index (χ2v) is 5.37. The van der Waals surface area contributed by atoms with Crippen molar-refractivity contribution in [3.8, 4) is 0 Å². The molecule has 0 aliphatic heterocycles. The highest BCUT2D eigenvalue weighted by Crippen LogP contribution is 2.35. The molecule has 3 aromatic rings. The van der Waals surface area contributed by atoms with E-state index < -0.39 is 6.10 Å². The number of hydrogen-bond acceptors (Lipinski definition) is 5. The van der Waals surface area contributed by atoms with Crippen LogP contribution in [0.2, 0.25) is 0 Å². The molecule has 5 nitrogen and oxygen atoms in total. The first-order valence-corrected chi connectivity index (χ1v) is 7.20. The predicted octanol–water partition coefficient (Wildman–Crippen LogP) is 2.95. The van der Waals surface area contributed by atoms with E-state index in [1.165, 1.54) is 18.1 Å². The largest absolute Gasteiger partial charge is 0.388 e. The van der Waals surface area contributed by atoms with Crippen molar-refractivity contribution in [1.82, 2.24) is 19.9 Å². The molecule has 2 heterocycles. The van der Waals surface area contributed by atoms with Crippen LogP contribution in [0, 0.1) is 0 Å². The average Bonchev–Trinajstić information content (AvgIpc) is 2.96. The molecule has 0 aliphatic rings. The molecule has 1 atom stereocenters. The lowest BCUT2D eigenvalue weighted by atomic mass is 10.1. The van der Waals surface area contributed by atoms with Crippen LogP contribution in [0.5, 0.6) is 0 Å². The molecule has 0 bridgehead atoms. The molecular formula is C14H14N4OS. The zero-order valence-electron chi connectivity index (χ0n) is 10.9. The Balaban J connectivity index is 2.01. The van der Waals surface area contributed by atoms with E-state index in [4.69, 9.17) is 0 Å². The summed E-state index contributed by atoms with van der Waals surface area (Å²) in [4.78, 5) is 16.6. The van der Waals surface area contributed by atoms with Crippen LogP contribution in [-0.2, 0) is 0 Å². The Morgan fingerprint density at radius 1 is 1.25 bits per heavy atom. The van der Waals surface area contributed by atoms with E-state index in [2.05, 4.69) is 19.9 Å². The first-order valence-electron chi connectivity index (χ1n) is 6.38. The van der Waals surface area contributed by atoms with Gasteiger partial charge in [-0.25, -0.2) is 15.0 Å². The van der Waals surface area contributed by atoms with E-state index in [-0.39, 0.29) is 0 Å².